The zero-order chi connectivity index (χ0) is 15.5. The lowest BCUT2D eigenvalue weighted by Crippen LogP contribution is -2.28. The van der Waals surface area contributed by atoms with Gasteiger partial charge in [0.1, 0.15) is 0 Å². The van der Waals surface area contributed by atoms with Crippen molar-refractivity contribution in [2.75, 3.05) is 64.7 Å². The largest absolute Gasteiger partial charge is 0.467 e. The Balaban J connectivity index is 2.49. The number of hydrogen-bond donors (Lipinski definition) is 2. The summed E-state index contributed by atoms with van der Waals surface area (Å²) in [6, 6.07) is 0.304. The van der Waals surface area contributed by atoms with Crippen LogP contribution in [-0.2, 0) is 4.74 Å². The van der Waals surface area contributed by atoms with Crippen LogP contribution in [0.15, 0.2) is 0 Å². The van der Waals surface area contributed by atoms with Gasteiger partial charge in [-0.2, -0.15) is 15.0 Å². The summed E-state index contributed by atoms with van der Waals surface area (Å²) in [6.45, 7) is 6.12. The molecule has 120 valence electrons. The molecule has 0 unspecified atom stereocenters. The van der Waals surface area contributed by atoms with Gasteiger partial charge in [0.2, 0.25) is 11.9 Å². The molecule has 1 heterocycles. The number of anilines is 2. The van der Waals surface area contributed by atoms with Crippen molar-refractivity contribution >= 4 is 11.9 Å². The Morgan fingerprint density at radius 3 is 2.24 bits per heavy atom. The molecule has 0 spiro atoms. The molecule has 0 amide bonds. The van der Waals surface area contributed by atoms with Crippen LogP contribution in [-0.4, -0.2) is 73.9 Å². The minimum Gasteiger partial charge on any atom is -0.467 e. The van der Waals surface area contributed by atoms with Crippen molar-refractivity contribution in [3.63, 3.8) is 0 Å². The SMILES string of the molecule is CCCNc1nc(NCCN(C)CCOC)nc(OC)n1. The van der Waals surface area contributed by atoms with Gasteiger partial charge in [0.25, 0.3) is 0 Å². The van der Waals surface area contributed by atoms with Crippen LogP contribution >= 0.6 is 0 Å². The Morgan fingerprint density at radius 2 is 1.67 bits per heavy atom. The Bertz CT molecular complexity index is 404. The van der Waals surface area contributed by atoms with Crippen molar-refractivity contribution in [1.29, 1.82) is 0 Å². The summed E-state index contributed by atoms with van der Waals surface area (Å²) < 4.78 is 10.1. The lowest BCUT2D eigenvalue weighted by molar-refractivity contribution is 0.163. The molecule has 0 saturated heterocycles. The number of rotatable bonds is 11. The second kappa shape index (κ2) is 10.1. The first-order chi connectivity index (χ1) is 10.2. The molecule has 0 radical (unpaired) electrons. The number of hydrogen-bond acceptors (Lipinski definition) is 8. The van der Waals surface area contributed by atoms with Gasteiger partial charge in [0.15, 0.2) is 0 Å². The summed E-state index contributed by atoms with van der Waals surface area (Å²) in [5.41, 5.74) is 0. The lowest BCUT2D eigenvalue weighted by Gasteiger charge is -2.16. The van der Waals surface area contributed by atoms with E-state index < -0.39 is 0 Å². The Labute approximate surface area is 126 Å². The van der Waals surface area contributed by atoms with E-state index >= 15 is 0 Å². The maximum absolute atomic E-state index is 5.09. The molecule has 0 fully saturated rings. The topological polar surface area (TPSA) is 84.4 Å². The van der Waals surface area contributed by atoms with Crippen LogP contribution in [0.4, 0.5) is 11.9 Å². The highest BCUT2D eigenvalue weighted by atomic mass is 16.5. The third kappa shape index (κ3) is 7.05. The van der Waals surface area contributed by atoms with Crippen molar-refractivity contribution < 1.29 is 9.47 Å². The van der Waals surface area contributed by atoms with Gasteiger partial charge in [-0.1, -0.05) is 6.92 Å². The van der Waals surface area contributed by atoms with E-state index in [1.54, 1.807) is 14.2 Å². The molecular formula is C13H26N6O2. The summed E-state index contributed by atoms with van der Waals surface area (Å²) >= 11 is 0. The molecule has 1 aromatic heterocycles. The van der Waals surface area contributed by atoms with Crippen LogP contribution in [0.2, 0.25) is 0 Å². The number of likely N-dealkylation sites (N-methyl/N-ethyl adjacent to an activating group) is 1. The second-order valence-electron chi connectivity index (χ2n) is 4.62. The van der Waals surface area contributed by atoms with Crippen molar-refractivity contribution in [1.82, 2.24) is 19.9 Å². The third-order valence-corrected chi connectivity index (χ3v) is 2.78. The molecule has 0 aliphatic rings. The zero-order valence-electron chi connectivity index (χ0n) is 13.3. The minimum atomic E-state index is 0.304. The van der Waals surface area contributed by atoms with Crippen LogP contribution in [0.3, 0.4) is 0 Å². The summed E-state index contributed by atoms with van der Waals surface area (Å²) in [5.74, 6) is 1.04. The van der Waals surface area contributed by atoms with Gasteiger partial charge in [-0.05, 0) is 13.5 Å². The normalized spacial score (nSPS) is 10.7. The van der Waals surface area contributed by atoms with E-state index in [0.717, 1.165) is 39.2 Å². The predicted molar refractivity (Wildman–Crippen MR) is 83.0 cm³/mol. The number of aromatic nitrogens is 3. The molecule has 21 heavy (non-hydrogen) atoms. The fourth-order valence-electron chi connectivity index (χ4n) is 1.56. The fourth-order valence-corrected chi connectivity index (χ4v) is 1.56. The third-order valence-electron chi connectivity index (χ3n) is 2.78. The molecule has 0 aliphatic carbocycles. The fraction of sp³-hybridized carbons (Fsp3) is 0.769. The van der Waals surface area contributed by atoms with Crippen molar-refractivity contribution in [3.05, 3.63) is 0 Å². The highest BCUT2D eigenvalue weighted by Gasteiger charge is 2.06. The highest BCUT2D eigenvalue weighted by Crippen LogP contribution is 2.10. The van der Waals surface area contributed by atoms with E-state index in [9.17, 15) is 0 Å². The van der Waals surface area contributed by atoms with Gasteiger partial charge >= 0.3 is 6.01 Å². The molecule has 2 N–H and O–H groups in total. The molecular weight excluding hydrogens is 272 g/mol. The van der Waals surface area contributed by atoms with E-state index in [2.05, 4.69) is 37.4 Å². The number of methoxy groups -OCH3 is 2. The van der Waals surface area contributed by atoms with E-state index in [4.69, 9.17) is 9.47 Å². The molecule has 1 rings (SSSR count). The maximum atomic E-state index is 5.09. The molecule has 8 heteroatoms. The van der Waals surface area contributed by atoms with Crippen molar-refractivity contribution in [2.45, 2.75) is 13.3 Å². The first-order valence-corrected chi connectivity index (χ1v) is 7.14. The average Bonchev–Trinajstić information content (AvgIpc) is 2.50. The number of ether oxygens (including phenoxy) is 2. The van der Waals surface area contributed by atoms with Gasteiger partial charge < -0.3 is 25.0 Å². The quantitative estimate of drug-likeness (QED) is 0.617. The Kier molecular flexibility index (Phi) is 8.37. The summed E-state index contributed by atoms with van der Waals surface area (Å²) in [6.07, 6.45) is 1.00. The molecule has 0 atom stereocenters. The van der Waals surface area contributed by atoms with Crippen LogP contribution in [0.25, 0.3) is 0 Å². The zero-order valence-corrected chi connectivity index (χ0v) is 13.3. The second-order valence-corrected chi connectivity index (χ2v) is 4.62. The van der Waals surface area contributed by atoms with Gasteiger partial charge in [0.05, 0.1) is 13.7 Å². The maximum Gasteiger partial charge on any atom is 0.322 e. The average molecular weight is 298 g/mol. The number of nitrogens with one attached hydrogen (secondary N) is 2. The first kappa shape index (κ1) is 17.4. The number of nitrogens with zero attached hydrogens (tertiary/aromatic N) is 4. The Morgan fingerprint density at radius 1 is 1.00 bits per heavy atom. The van der Waals surface area contributed by atoms with E-state index in [1.807, 2.05) is 7.05 Å². The summed E-state index contributed by atoms with van der Waals surface area (Å²) in [7, 11) is 5.29. The van der Waals surface area contributed by atoms with Gasteiger partial charge in [-0.25, -0.2) is 0 Å². The molecule has 0 saturated carbocycles. The van der Waals surface area contributed by atoms with Crippen LogP contribution in [0, 0.1) is 0 Å². The van der Waals surface area contributed by atoms with E-state index in [-0.39, 0.29) is 0 Å². The van der Waals surface area contributed by atoms with Crippen LogP contribution in [0.1, 0.15) is 13.3 Å². The van der Waals surface area contributed by atoms with E-state index in [0.29, 0.717) is 17.9 Å². The van der Waals surface area contributed by atoms with Gasteiger partial charge in [0, 0.05) is 33.3 Å². The van der Waals surface area contributed by atoms with Crippen molar-refractivity contribution in [3.8, 4) is 6.01 Å². The van der Waals surface area contributed by atoms with Crippen LogP contribution in [0.5, 0.6) is 6.01 Å². The van der Waals surface area contributed by atoms with Crippen LogP contribution < -0.4 is 15.4 Å². The summed E-state index contributed by atoms with van der Waals surface area (Å²) in [4.78, 5) is 14.8. The lowest BCUT2D eigenvalue weighted by atomic mass is 10.5. The molecule has 1 aromatic rings. The molecule has 0 aromatic carbocycles. The van der Waals surface area contributed by atoms with Gasteiger partial charge in [-0.15, -0.1) is 0 Å². The first-order valence-electron chi connectivity index (χ1n) is 7.14. The Hall–Kier alpha value is -1.67. The smallest absolute Gasteiger partial charge is 0.322 e. The molecule has 0 aliphatic heterocycles. The van der Waals surface area contributed by atoms with Crippen molar-refractivity contribution in [2.24, 2.45) is 0 Å². The van der Waals surface area contributed by atoms with Gasteiger partial charge in [-0.3, -0.25) is 0 Å². The summed E-state index contributed by atoms with van der Waals surface area (Å²) in [5, 5.41) is 6.31. The highest BCUT2D eigenvalue weighted by molar-refractivity contribution is 5.35. The molecule has 0 bridgehead atoms. The molecule has 8 nitrogen and oxygen atoms in total. The minimum absolute atomic E-state index is 0.304. The van der Waals surface area contributed by atoms with E-state index in [1.165, 1.54) is 0 Å². The predicted octanol–water partition coefficient (Wildman–Crippen LogP) is 0.692. The monoisotopic (exact) mass is 298 g/mol. The standard InChI is InChI=1S/C13H26N6O2/c1-5-6-14-11-16-12(18-13(17-11)21-4)15-7-8-19(2)9-10-20-3/h5-10H2,1-4H3,(H2,14,15,16,17,18).